The molecule has 1 saturated heterocycles. The number of carbonyl (C=O) groups excluding carboxylic acids is 1. The SMILES string of the molecule is CC(C)C(NC(=O)[C@H]1CCN[C@@H](C)C1)c1ccc(F)cc1F.Cl. The number of halogens is 3. The van der Waals surface area contributed by atoms with Gasteiger partial charge < -0.3 is 10.6 Å². The van der Waals surface area contributed by atoms with E-state index in [1.807, 2.05) is 13.8 Å². The predicted octanol–water partition coefficient (Wildman–Crippen LogP) is 3.59. The second-order valence-electron chi connectivity index (χ2n) is 6.47. The average Bonchev–Trinajstić information content (AvgIpc) is 2.45. The molecular weight excluding hydrogens is 322 g/mol. The van der Waals surface area contributed by atoms with Crippen LogP contribution in [-0.2, 0) is 4.79 Å². The Bertz CT molecular complexity index is 539. The number of benzene rings is 1. The van der Waals surface area contributed by atoms with E-state index in [0.717, 1.165) is 25.5 Å². The van der Waals surface area contributed by atoms with Crippen LogP contribution in [0, 0.1) is 23.5 Å². The molecule has 1 aliphatic rings. The average molecular weight is 347 g/mol. The molecule has 130 valence electrons. The molecule has 1 fully saturated rings. The van der Waals surface area contributed by atoms with E-state index in [4.69, 9.17) is 0 Å². The highest BCUT2D eigenvalue weighted by molar-refractivity contribution is 5.85. The highest BCUT2D eigenvalue weighted by atomic mass is 35.5. The van der Waals surface area contributed by atoms with E-state index in [1.54, 1.807) is 0 Å². The molecule has 0 radical (unpaired) electrons. The Morgan fingerprint density at radius 1 is 1.35 bits per heavy atom. The molecule has 1 unspecified atom stereocenters. The molecule has 0 saturated carbocycles. The van der Waals surface area contributed by atoms with E-state index in [0.29, 0.717) is 11.6 Å². The number of hydrogen-bond donors (Lipinski definition) is 2. The van der Waals surface area contributed by atoms with Crippen LogP contribution in [-0.4, -0.2) is 18.5 Å². The molecular formula is C17H25ClF2N2O. The Balaban J connectivity index is 0.00000264. The maximum absolute atomic E-state index is 14.0. The fourth-order valence-electron chi connectivity index (χ4n) is 3.00. The summed E-state index contributed by atoms with van der Waals surface area (Å²) in [5.74, 6) is -1.31. The number of carbonyl (C=O) groups is 1. The quantitative estimate of drug-likeness (QED) is 0.874. The monoisotopic (exact) mass is 346 g/mol. The lowest BCUT2D eigenvalue weighted by Crippen LogP contribution is -2.44. The van der Waals surface area contributed by atoms with Crippen LogP contribution >= 0.6 is 12.4 Å². The molecule has 0 spiro atoms. The Morgan fingerprint density at radius 3 is 2.61 bits per heavy atom. The van der Waals surface area contributed by atoms with Crippen LogP contribution in [0.1, 0.15) is 45.2 Å². The third kappa shape index (κ3) is 5.15. The van der Waals surface area contributed by atoms with Gasteiger partial charge in [-0.2, -0.15) is 0 Å². The molecule has 1 aliphatic heterocycles. The summed E-state index contributed by atoms with van der Waals surface area (Å²) < 4.78 is 27.1. The maximum Gasteiger partial charge on any atom is 0.223 e. The first-order valence-electron chi connectivity index (χ1n) is 7.87. The lowest BCUT2D eigenvalue weighted by molar-refractivity contribution is -0.127. The second kappa shape index (κ2) is 8.60. The van der Waals surface area contributed by atoms with Crippen LogP contribution < -0.4 is 10.6 Å². The van der Waals surface area contributed by atoms with Gasteiger partial charge in [-0.3, -0.25) is 4.79 Å². The molecule has 1 aromatic carbocycles. The van der Waals surface area contributed by atoms with Gasteiger partial charge in [-0.1, -0.05) is 19.9 Å². The van der Waals surface area contributed by atoms with Gasteiger partial charge in [0, 0.05) is 23.6 Å². The first-order chi connectivity index (χ1) is 10.4. The largest absolute Gasteiger partial charge is 0.349 e. The number of nitrogens with one attached hydrogen (secondary N) is 2. The molecule has 6 heteroatoms. The van der Waals surface area contributed by atoms with E-state index in [-0.39, 0.29) is 30.2 Å². The normalized spacial score (nSPS) is 22.3. The third-order valence-electron chi connectivity index (χ3n) is 4.26. The summed E-state index contributed by atoms with van der Waals surface area (Å²) in [7, 11) is 0. The van der Waals surface area contributed by atoms with Crippen LogP contribution in [0.4, 0.5) is 8.78 Å². The standard InChI is InChI=1S/C17H24F2N2O.ClH/c1-10(2)16(14-5-4-13(18)9-15(14)19)21-17(22)12-6-7-20-11(3)8-12;/h4-5,9-12,16,20H,6-8H2,1-3H3,(H,21,22);1H/t11-,12-,16?;/m0./s1. The van der Waals surface area contributed by atoms with Crippen molar-refractivity contribution in [2.24, 2.45) is 11.8 Å². The van der Waals surface area contributed by atoms with Crippen molar-refractivity contribution < 1.29 is 13.6 Å². The molecule has 1 heterocycles. The highest BCUT2D eigenvalue weighted by Crippen LogP contribution is 2.26. The lowest BCUT2D eigenvalue weighted by Gasteiger charge is -2.30. The van der Waals surface area contributed by atoms with Gasteiger partial charge >= 0.3 is 0 Å². The highest BCUT2D eigenvalue weighted by Gasteiger charge is 2.28. The predicted molar refractivity (Wildman–Crippen MR) is 89.5 cm³/mol. The molecule has 2 rings (SSSR count). The summed E-state index contributed by atoms with van der Waals surface area (Å²) >= 11 is 0. The van der Waals surface area contributed by atoms with E-state index in [1.165, 1.54) is 12.1 Å². The summed E-state index contributed by atoms with van der Waals surface area (Å²) in [4.78, 5) is 12.5. The van der Waals surface area contributed by atoms with Crippen LogP contribution in [0.25, 0.3) is 0 Å². The Hall–Kier alpha value is -1.20. The Kier molecular flexibility index (Phi) is 7.42. The second-order valence-corrected chi connectivity index (χ2v) is 6.47. The van der Waals surface area contributed by atoms with Gasteiger partial charge in [0.05, 0.1) is 6.04 Å². The molecule has 1 aromatic rings. The third-order valence-corrected chi connectivity index (χ3v) is 4.26. The van der Waals surface area contributed by atoms with Crippen LogP contribution in [0.2, 0.25) is 0 Å². The molecule has 1 amide bonds. The van der Waals surface area contributed by atoms with Crippen molar-refractivity contribution in [3.8, 4) is 0 Å². The van der Waals surface area contributed by atoms with Crippen molar-refractivity contribution in [2.75, 3.05) is 6.54 Å². The summed E-state index contributed by atoms with van der Waals surface area (Å²) in [6, 6.07) is 3.37. The van der Waals surface area contributed by atoms with Gasteiger partial charge in [0.15, 0.2) is 0 Å². The maximum atomic E-state index is 14.0. The van der Waals surface area contributed by atoms with Crippen molar-refractivity contribution in [3.63, 3.8) is 0 Å². The summed E-state index contributed by atoms with van der Waals surface area (Å²) in [6.07, 6.45) is 1.56. The zero-order valence-electron chi connectivity index (χ0n) is 13.7. The summed E-state index contributed by atoms with van der Waals surface area (Å²) in [5.41, 5.74) is 0.340. The minimum Gasteiger partial charge on any atom is -0.349 e. The first kappa shape index (κ1) is 19.8. The van der Waals surface area contributed by atoms with Gasteiger partial charge in [0.25, 0.3) is 0 Å². The molecule has 3 atom stereocenters. The van der Waals surface area contributed by atoms with Gasteiger partial charge in [-0.15, -0.1) is 12.4 Å². The first-order valence-corrected chi connectivity index (χ1v) is 7.87. The minimum atomic E-state index is -0.613. The van der Waals surface area contributed by atoms with E-state index < -0.39 is 17.7 Å². The number of rotatable bonds is 4. The molecule has 3 nitrogen and oxygen atoms in total. The fourth-order valence-corrected chi connectivity index (χ4v) is 3.00. The lowest BCUT2D eigenvalue weighted by atomic mass is 9.90. The van der Waals surface area contributed by atoms with Crippen LogP contribution in [0.15, 0.2) is 18.2 Å². The molecule has 23 heavy (non-hydrogen) atoms. The van der Waals surface area contributed by atoms with Crippen LogP contribution in [0.5, 0.6) is 0 Å². The molecule has 2 N–H and O–H groups in total. The number of piperidine rings is 1. The molecule has 0 aliphatic carbocycles. The van der Waals surface area contributed by atoms with Crippen molar-refractivity contribution in [1.82, 2.24) is 10.6 Å². The van der Waals surface area contributed by atoms with E-state index in [2.05, 4.69) is 17.6 Å². The van der Waals surface area contributed by atoms with Gasteiger partial charge in [-0.05, 0) is 38.3 Å². The minimum absolute atomic E-state index is 0. The van der Waals surface area contributed by atoms with Gasteiger partial charge in [-0.25, -0.2) is 8.78 Å². The number of hydrogen-bond acceptors (Lipinski definition) is 2. The van der Waals surface area contributed by atoms with E-state index in [9.17, 15) is 13.6 Å². The summed E-state index contributed by atoms with van der Waals surface area (Å²) in [6.45, 7) is 6.70. The Labute approximate surface area is 142 Å². The number of amides is 1. The fraction of sp³-hybridized carbons (Fsp3) is 0.588. The van der Waals surface area contributed by atoms with Gasteiger partial charge in [0.2, 0.25) is 5.91 Å². The van der Waals surface area contributed by atoms with Crippen molar-refractivity contribution in [3.05, 3.63) is 35.4 Å². The van der Waals surface area contributed by atoms with Crippen molar-refractivity contribution >= 4 is 18.3 Å². The van der Waals surface area contributed by atoms with E-state index >= 15 is 0 Å². The van der Waals surface area contributed by atoms with Crippen molar-refractivity contribution in [2.45, 2.75) is 45.7 Å². The van der Waals surface area contributed by atoms with Crippen LogP contribution in [0.3, 0.4) is 0 Å². The van der Waals surface area contributed by atoms with Gasteiger partial charge in [0.1, 0.15) is 11.6 Å². The summed E-state index contributed by atoms with van der Waals surface area (Å²) in [5, 5.41) is 6.26. The molecule has 0 aromatic heterocycles. The Morgan fingerprint density at radius 2 is 2.04 bits per heavy atom. The molecule has 0 bridgehead atoms. The smallest absolute Gasteiger partial charge is 0.223 e. The zero-order valence-corrected chi connectivity index (χ0v) is 14.6. The zero-order chi connectivity index (χ0) is 16.3. The van der Waals surface area contributed by atoms with Crippen molar-refractivity contribution in [1.29, 1.82) is 0 Å². The topological polar surface area (TPSA) is 41.1 Å².